The van der Waals surface area contributed by atoms with Gasteiger partial charge in [0.1, 0.15) is 5.70 Å². The number of nitrogens with zero attached hydrogens (tertiary/aromatic N) is 4. The molecule has 3 heterocycles. The summed E-state index contributed by atoms with van der Waals surface area (Å²) in [5.41, 5.74) is 4.83. The smallest absolute Gasteiger partial charge is 0.326 e. The number of rotatable bonds is 6. The van der Waals surface area contributed by atoms with E-state index in [1.807, 2.05) is 0 Å². The van der Waals surface area contributed by atoms with Crippen LogP contribution in [0.5, 0.6) is 0 Å². The molecule has 2 fully saturated rings. The number of carbonyl (C=O) groups excluding carboxylic acids is 2. The van der Waals surface area contributed by atoms with Crippen molar-refractivity contribution < 1.29 is 9.59 Å². The molecule has 1 saturated heterocycles. The van der Waals surface area contributed by atoms with E-state index in [2.05, 4.69) is 68.4 Å². The molecule has 5 rings (SSSR count). The summed E-state index contributed by atoms with van der Waals surface area (Å²) in [6.07, 6.45) is 5.33. The number of carbonyl (C=O) groups is 2. The van der Waals surface area contributed by atoms with Gasteiger partial charge in [-0.05, 0) is 43.9 Å². The number of anilines is 2. The van der Waals surface area contributed by atoms with E-state index in [-0.39, 0.29) is 5.70 Å². The zero-order chi connectivity index (χ0) is 21.5. The highest BCUT2D eigenvalue weighted by Gasteiger charge is 2.26. The van der Waals surface area contributed by atoms with Gasteiger partial charge in [0.15, 0.2) is 5.65 Å². The molecule has 158 valence electrons. The maximum absolute atomic E-state index is 11.9. The fraction of sp³-hybridized carbons (Fsp3) is 0.286. The molecule has 0 bridgehead atoms. The van der Waals surface area contributed by atoms with Gasteiger partial charge in [-0.15, -0.1) is 0 Å². The van der Waals surface area contributed by atoms with Crippen LogP contribution in [0.25, 0.3) is 11.7 Å². The van der Waals surface area contributed by atoms with Crippen LogP contribution in [0.4, 0.5) is 16.7 Å². The van der Waals surface area contributed by atoms with E-state index >= 15 is 0 Å². The molecule has 0 spiro atoms. The van der Waals surface area contributed by atoms with Crippen LogP contribution in [0.15, 0.2) is 30.1 Å². The van der Waals surface area contributed by atoms with Crippen molar-refractivity contribution in [3.05, 3.63) is 52.3 Å². The Bertz CT molecular complexity index is 1240. The quantitative estimate of drug-likeness (QED) is 0.357. The van der Waals surface area contributed by atoms with Gasteiger partial charge in [0, 0.05) is 18.2 Å². The Morgan fingerprint density at radius 2 is 2.03 bits per heavy atom. The van der Waals surface area contributed by atoms with Gasteiger partial charge in [0.25, 0.3) is 5.91 Å². The fourth-order valence-corrected chi connectivity index (χ4v) is 3.38. The zero-order valence-corrected chi connectivity index (χ0v) is 17.2. The molecule has 1 aliphatic heterocycles. The van der Waals surface area contributed by atoms with E-state index in [9.17, 15) is 9.59 Å². The minimum absolute atomic E-state index is 0.153. The van der Waals surface area contributed by atoms with E-state index in [1.165, 1.54) is 16.7 Å². The Kier molecular flexibility index (Phi) is 4.54. The van der Waals surface area contributed by atoms with E-state index in [0.717, 1.165) is 12.8 Å². The largest absolute Gasteiger partial charge is 0.351 e. The number of hydrogen-bond donors (Lipinski definition) is 4. The Balaban J connectivity index is 1.50. The molecule has 1 aromatic carbocycles. The topological polar surface area (TPSA) is 125 Å². The summed E-state index contributed by atoms with van der Waals surface area (Å²) in [5, 5.41) is 15.7. The molecule has 2 aliphatic rings. The molecular weight excluding hydrogens is 396 g/mol. The van der Waals surface area contributed by atoms with Crippen LogP contribution in [0.3, 0.4) is 0 Å². The zero-order valence-electron chi connectivity index (χ0n) is 17.2. The maximum atomic E-state index is 11.9. The predicted octanol–water partition coefficient (Wildman–Crippen LogP) is 2.11. The number of nitrogens with one attached hydrogen (secondary N) is 4. The lowest BCUT2D eigenvalue weighted by Crippen LogP contribution is -2.22. The molecule has 0 unspecified atom stereocenters. The van der Waals surface area contributed by atoms with E-state index in [4.69, 9.17) is 0 Å². The van der Waals surface area contributed by atoms with Crippen molar-refractivity contribution in [2.45, 2.75) is 39.3 Å². The first kappa shape index (κ1) is 19.0. The number of urea groups is 1. The predicted molar refractivity (Wildman–Crippen MR) is 115 cm³/mol. The second-order valence-corrected chi connectivity index (χ2v) is 7.87. The lowest BCUT2D eigenvalue weighted by Gasteiger charge is -2.12. The summed E-state index contributed by atoms with van der Waals surface area (Å²) >= 11 is 0. The number of fused-ring (bicyclic) bond motifs is 1. The molecule has 1 saturated carbocycles. The third-order valence-corrected chi connectivity index (χ3v) is 5.27. The van der Waals surface area contributed by atoms with Gasteiger partial charge >= 0.3 is 6.03 Å². The van der Waals surface area contributed by atoms with Crippen molar-refractivity contribution >= 4 is 35.6 Å². The SMILES string of the molecule is Cc1ccc(C)c(CNc2nc(NC3CC3)n3ncc(/C=C4\NC(=O)NC4=O)c3n2)c1. The van der Waals surface area contributed by atoms with E-state index in [0.29, 0.717) is 35.7 Å². The molecular formula is C21H22N8O2. The van der Waals surface area contributed by atoms with Crippen molar-refractivity contribution in [1.29, 1.82) is 0 Å². The highest BCUT2D eigenvalue weighted by Crippen LogP contribution is 2.26. The fourth-order valence-electron chi connectivity index (χ4n) is 3.38. The molecule has 0 atom stereocenters. The second kappa shape index (κ2) is 7.38. The molecule has 31 heavy (non-hydrogen) atoms. The minimum atomic E-state index is -0.547. The van der Waals surface area contributed by atoms with Gasteiger partial charge in [-0.25, -0.2) is 4.79 Å². The first-order chi connectivity index (χ1) is 15.0. The molecule has 10 nitrogen and oxygen atoms in total. The van der Waals surface area contributed by atoms with E-state index in [1.54, 1.807) is 16.8 Å². The average Bonchev–Trinajstić information content (AvgIpc) is 3.37. The standard InChI is InChI=1S/C21H22N8O2/c1-11-3-4-12(2)13(7-11)9-22-19-26-17-14(8-16-18(30)27-21(31)25-16)10-23-29(17)20(28-19)24-15-5-6-15/h3-4,7-8,10,15H,5-6,9H2,1-2H3,(H2,22,24,26,28)(H2,25,27,30,31)/b16-8-. The molecule has 10 heteroatoms. The van der Waals surface area contributed by atoms with Crippen LogP contribution in [0.1, 0.15) is 35.1 Å². The molecule has 0 radical (unpaired) electrons. The highest BCUT2D eigenvalue weighted by molar-refractivity contribution is 6.14. The van der Waals surface area contributed by atoms with Crippen molar-refractivity contribution in [3.8, 4) is 0 Å². The average molecular weight is 418 g/mol. The molecule has 3 aromatic rings. The molecule has 2 aromatic heterocycles. The van der Waals surface area contributed by atoms with Crippen LogP contribution < -0.4 is 21.3 Å². The normalized spacial score (nSPS) is 17.2. The summed E-state index contributed by atoms with van der Waals surface area (Å²) < 4.78 is 1.61. The van der Waals surface area contributed by atoms with Crippen molar-refractivity contribution in [2.75, 3.05) is 10.6 Å². The first-order valence-electron chi connectivity index (χ1n) is 10.1. The maximum Gasteiger partial charge on any atom is 0.326 e. The van der Waals surface area contributed by atoms with Crippen molar-refractivity contribution in [3.63, 3.8) is 0 Å². The number of aryl methyl sites for hydroxylation is 2. The van der Waals surface area contributed by atoms with Gasteiger partial charge < -0.3 is 16.0 Å². The highest BCUT2D eigenvalue weighted by atomic mass is 16.2. The number of imide groups is 1. The van der Waals surface area contributed by atoms with Gasteiger partial charge in [-0.1, -0.05) is 23.8 Å². The van der Waals surface area contributed by atoms with Crippen LogP contribution in [-0.2, 0) is 11.3 Å². The minimum Gasteiger partial charge on any atom is -0.351 e. The van der Waals surface area contributed by atoms with Crippen LogP contribution >= 0.6 is 0 Å². The van der Waals surface area contributed by atoms with Crippen LogP contribution in [0.2, 0.25) is 0 Å². The Morgan fingerprint density at radius 1 is 1.19 bits per heavy atom. The van der Waals surface area contributed by atoms with Gasteiger partial charge in [0.2, 0.25) is 11.9 Å². The summed E-state index contributed by atoms with van der Waals surface area (Å²) in [6, 6.07) is 6.15. The van der Waals surface area contributed by atoms with Crippen LogP contribution in [-0.4, -0.2) is 37.6 Å². The Hall–Kier alpha value is -3.95. The lowest BCUT2D eigenvalue weighted by molar-refractivity contribution is -0.115. The molecule has 4 N–H and O–H groups in total. The third kappa shape index (κ3) is 3.91. The molecule has 1 aliphatic carbocycles. The summed E-state index contributed by atoms with van der Waals surface area (Å²) in [7, 11) is 0. The van der Waals surface area contributed by atoms with Crippen molar-refractivity contribution in [2.24, 2.45) is 0 Å². The van der Waals surface area contributed by atoms with Gasteiger partial charge in [0.05, 0.1) is 6.20 Å². The van der Waals surface area contributed by atoms with E-state index < -0.39 is 11.9 Å². The summed E-state index contributed by atoms with van der Waals surface area (Å²) in [5.74, 6) is 0.556. The summed E-state index contributed by atoms with van der Waals surface area (Å²) in [6.45, 7) is 4.71. The lowest BCUT2D eigenvalue weighted by atomic mass is 10.1. The van der Waals surface area contributed by atoms with Gasteiger partial charge in [-0.2, -0.15) is 19.6 Å². The Labute approximate surface area is 178 Å². The number of aromatic nitrogens is 4. The van der Waals surface area contributed by atoms with Crippen LogP contribution in [0, 0.1) is 13.8 Å². The summed E-state index contributed by atoms with van der Waals surface area (Å²) in [4.78, 5) is 32.6. The third-order valence-electron chi connectivity index (χ3n) is 5.27. The van der Waals surface area contributed by atoms with Gasteiger partial charge in [-0.3, -0.25) is 10.1 Å². The number of amides is 3. The second-order valence-electron chi connectivity index (χ2n) is 7.87. The Morgan fingerprint density at radius 3 is 2.77 bits per heavy atom. The monoisotopic (exact) mass is 418 g/mol. The number of benzene rings is 1. The first-order valence-corrected chi connectivity index (χ1v) is 10.1. The number of hydrogen-bond acceptors (Lipinski definition) is 7. The van der Waals surface area contributed by atoms with Crippen molar-refractivity contribution in [1.82, 2.24) is 30.2 Å². The molecule has 3 amide bonds.